The third-order valence-corrected chi connectivity index (χ3v) is 4.23. The number of rotatable bonds is 6. The molecule has 0 atom stereocenters. The Morgan fingerprint density at radius 3 is 2.57 bits per heavy atom. The average Bonchev–Trinajstić information content (AvgIpc) is 2.92. The van der Waals surface area contributed by atoms with Crippen LogP contribution >= 0.6 is 11.3 Å². The third-order valence-electron chi connectivity index (χ3n) is 3.13. The molecule has 0 amide bonds. The molecule has 0 aliphatic rings. The number of methoxy groups -OCH3 is 1. The largest absolute Gasteiger partial charge is 0.493 e. The number of hydrogen-bond acceptors (Lipinski definition) is 5. The number of benzene rings is 1. The Bertz CT molecular complexity index is 608. The fraction of sp³-hybridized carbons (Fsp3) is 0.438. The zero-order valence-electron chi connectivity index (χ0n) is 12.8. The lowest BCUT2D eigenvalue weighted by atomic mass is 10.1. The van der Waals surface area contributed by atoms with Gasteiger partial charge in [-0.2, -0.15) is 0 Å². The summed E-state index contributed by atoms with van der Waals surface area (Å²) in [7, 11) is 1.63. The lowest BCUT2D eigenvalue weighted by Crippen LogP contribution is -1.95. The van der Waals surface area contributed by atoms with Crippen LogP contribution in [0.3, 0.4) is 0 Å². The number of thiazole rings is 1. The van der Waals surface area contributed by atoms with Crippen molar-refractivity contribution < 1.29 is 14.6 Å². The molecular weight excluding hydrogens is 286 g/mol. The van der Waals surface area contributed by atoms with Crippen molar-refractivity contribution in [2.24, 2.45) is 0 Å². The molecule has 1 aromatic carbocycles. The normalized spacial score (nSPS) is 11.0. The maximum absolute atomic E-state index is 9.47. The van der Waals surface area contributed by atoms with E-state index in [1.54, 1.807) is 7.11 Å². The maximum Gasteiger partial charge on any atom is 0.161 e. The van der Waals surface area contributed by atoms with Crippen LogP contribution in [0.5, 0.6) is 11.5 Å². The molecule has 5 heteroatoms. The van der Waals surface area contributed by atoms with Gasteiger partial charge in [-0.15, -0.1) is 11.3 Å². The van der Waals surface area contributed by atoms with Crippen molar-refractivity contribution in [2.75, 3.05) is 13.7 Å². The van der Waals surface area contributed by atoms with Crippen LogP contribution in [-0.4, -0.2) is 23.8 Å². The Morgan fingerprint density at radius 2 is 2.05 bits per heavy atom. The summed E-state index contributed by atoms with van der Waals surface area (Å²) in [6.07, 6.45) is 0. The van der Waals surface area contributed by atoms with Gasteiger partial charge in [-0.3, -0.25) is 0 Å². The maximum atomic E-state index is 9.47. The van der Waals surface area contributed by atoms with Gasteiger partial charge in [-0.05, 0) is 31.0 Å². The number of aromatic nitrogens is 1. The molecule has 2 rings (SSSR count). The first kappa shape index (κ1) is 15.8. The molecule has 0 bridgehead atoms. The summed E-state index contributed by atoms with van der Waals surface area (Å²) >= 11 is 1.52. The molecule has 2 aromatic rings. The van der Waals surface area contributed by atoms with E-state index in [2.05, 4.69) is 18.8 Å². The summed E-state index contributed by atoms with van der Waals surface area (Å²) in [6.45, 7) is 6.72. The predicted octanol–water partition coefficient (Wildman–Crippen LogP) is 3.83. The van der Waals surface area contributed by atoms with Crippen molar-refractivity contribution in [3.05, 3.63) is 28.8 Å². The third kappa shape index (κ3) is 3.36. The fourth-order valence-corrected chi connectivity index (χ4v) is 3.20. The van der Waals surface area contributed by atoms with Crippen molar-refractivity contribution in [1.82, 2.24) is 4.98 Å². The summed E-state index contributed by atoms with van der Waals surface area (Å²) in [5.41, 5.74) is 1.94. The van der Waals surface area contributed by atoms with Crippen LogP contribution in [0.2, 0.25) is 0 Å². The molecule has 0 aliphatic carbocycles. The number of nitrogens with zero attached hydrogens (tertiary/aromatic N) is 1. The van der Waals surface area contributed by atoms with Gasteiger partial charge in [0, 0.05) is 5.56 Å². The molecule has 0 spiro atoms. The first-order valence-corrected chi connectivity index (χ1v) is 7.84. The molecular formula is C16H21NO3S. The molecule has 1 aromatic heterocycles. The van der Waals surface area contributed by atoms with E-state index < -0.39 is 0 Å². The minimum absolute atomic E-state index is 0.0271. The lowest BCUT2D eigenvalue weighted by Gasteiger charge is -2.10. The Hall–Kier alpha value is -1.59. The van der Waals surface area contributed by atoms with Gasteiger partial charge in [0.2, 0.25) is 0 Å². The van der Waals surface area contributed by atoms with Crippen LogP contribution in [0.4, 0.5) is 0 Å². The summed E-state index contributed by atoms with van der Waals surface area (Å²) < 4.78 is 10.9. The summed E-state index contributed by atoms with van der Waals surface area (Å²) in [6, 6.07) is 5.79. The van der Waals surface area contributed by atoms with Crippen LogP contribution in [-0.2, 0) is 6.61 Å². The Balaban J connectivity index is 2.42. The lowest BCUT2D eigenvalue weighted by molar-refractivity contribution is 0.283. The number of hydrogen-bond donors (Lipinski definition) is 1. The highest BCUT2D eigenvalue weighted by Crippen LogP contribution is 2.36. The fourth-order valence-electron chi connectivity index (χ4n) is 2.13. The van der Waals surface area contributed by atoms with Gasteiger partial charge in [-0.1, -0.05) is 13.8 Å². The highest BCUT2D eigenvalue weighted by molar-refractivity contribution is 7.15. The van der Waals surface area contributed by atoms with E-state index >= 15 is 0 Å². The second-order valence-electron chi connectivity index (χ2n) is 4.94. The standard InChI is InChI=1S/C16H21NO3S/c1-5-20-12-7-6-11(8-13(12)19-4)16-17-15(10(2)3)14(9-18)21-16/h6-8,10,18H,5,9H2,1-4H3. The van der Waals surface area contributed by atoms with Gasteiger partial charge < -0.3 is 14.6 Å². The minimum atomic E-state index is 0.0271. The molecule has 21 heavy (non-hydrogen) atoms. The van der Waals surface area contributed by atoms with Gasteiger partial charge in [-0.25, -0.2) is 4.98 Å². The van der Waals surface area contributed by atoms with Crippen molar-refractivity contribution in [3.8, 4) is 22.1 Å². The molecule has 114 valence electrons. The number of aliphatic hydroxyl groups is 1. The second kappa shape index (κ2) is 6.91. The van der Waals surface area contributed by atoms with Crippen molar-refractivity contribution in [1.29, 1.82) is 0 Å². The van der Waals surface area contributed by atoms with Gasteiger partial charge in [0.15, 0.2) is 11.5 Å². The van der Waals surface area contributed by atoms with E-state index in [9.17, 15) is 5.11 Å². The Morgan fingerprint density at radius 1 is 1.29 bits per heavy atom. The zero-order chi connectivity index (χ0) is 15.4. The smallest absolute Gasteiger partial charge is 0.161 e. The van der Waals surface area contributed by atoms with Crippen LogP contribution < -0.4 is 9.47 Å². The average molecular weight is 307 g/mol. The molecule has 4 nitrogen and oxygen atoms in total. The number of ether oxygens (including phenoxy) is 2. The van der Waals surface area contributed by atoms with Gasteiger partial charge >= 0.3 is 0 Å². The van der Waals surface area contributed by atoms with Crippen LogP contribution in [0, 0.1) is 0 Å². The topological polar surface area (TPSA) is 51.6 Å². The first-order chi connectivity index (χ1) is 10.1. The van der Waals surface area contributed by atoms with Gasteiger partial charge in [0.05, 0.1) is 30.9 Å². The Labute approximate surface area is 129 Å². The molecule has 1 N–H and O–H groups in total. The van der Waals surface area contributed by atoms with Crippen LogP contribution in [0.15, 0.2) is 18.2 Å². The molecule has 0 saturated carbocycles. The second-order valence-corrected chi connectivity index (χ2v) is 6.02. The SMILES string of the molecule is CCOc1ccc(-c2nc(C(C)C)c(CO)s2)cc1OC. The highest BCUT2D eigenvalue weighted by atomic mass is 32.1. The van der Waals surface area contributed by atoms with Crippen LogP contribution in [0.25, 0.3) is 10.6 Å². The number of aliphatic hydroxyl groups excluding tert-OH is 1. The molecule has 0 radical (unpaired) electrons. The quantitative estimate of drug-likeness (QED) is 0.881. The molecule has 0 saturated heterocycles. The van der Waals surface area contributed by atoms with E-state index in [0.717, 1.165) is 26.9 Å². The van der Waals surface area contributed by atoms with Crippen molar-refractivity contribution in [3.63, 3.8) is 0 Å². The summed E-state index contributed by atoms with van der Waals surface area (Å²) in [5, 5.41) is 10.4. The van der Waals surface area contributed by atoms with Gasteiger partial charge in [0.25, 0.3) is 0 Å². The van der Waals surface area contributed by atoms with E-state index in [-0.39, 0.29) is 6.61 Å². The molecule has 0 unspecified atom stereocenters. The molecule has 0 aliphatic heterocycles. The van der Waals surface area contributed by atoms with E-state index in [0.29, 0.717) is 18.3 Å². The molecule has 1 heterocycles. The monoisotopic (exact) mass is 307 g/mol. The van der Waals surface area contributed by atoms with Crippen molar-refractivity contribution in [2.45, 2.75) is 33.3 Å². The minimum Gasteiger partial charge on any atom is -0.493 e. The van der Waals surface area contributed by atoms with E-state index in [1.807, 2.05) is 25.1 Å². The Kier molecular flexibility index (Phi) is 5.20. The van der Waals surface area contributed by atoms with E-state index in [1.165, 1.54) is 11.3 Å². The van der Waals surface area contributed by atoms with E-state index in [4.69, 9.17) is 9.47 Å². The van der Waals surface area contributed by atoms with Gasteiger partial charge in [0.1, 0.15) is 5.01 Å². The summed E-state index contributed by atoms with van der Waals surface area (Å²) in [4.78, 5) is 5.59. The van der Waals surface area contributed by atoms with Crippen molar-refractivity contribution >= 4 is 11.3 Å². The first-order valence-electron chi connectivity index (χ1n) is 7.02. The zero-order valence-corrected chi connectivity index (χ0v) is 13.7. The van der Waals surface area contributed by atoms with Crippen LogP contribution in [0.1, 0.15) is 37.3 Å². The summed E-state index contributed by atoms with van der Waals surface area (Å²) in [5.74, 6) is 1.72. The highest BCUT2D eigenvalue weighted by Gasteiger charge is 2.16. The predicted molar refractivity (Wildman–Crippen MR) is 85.3 cm³/mol. The molecule has 0 fully saturated rings.